The van der Waals surface area contributed by atoms with Crippen LogP contribution in [0.5, 0.6) is 0 Å². The molecule has 3 unspecified atom stereocenters. The molecule has 3 atom stereocenters. The number of aromatic carboxylic acids is 1. The Morgan fingerprint density at radius 1 is 1.38 bits per heavy atom. The predicted molar refractivity (Wildman–Crippen MR) is 78.5 cm³/mol. The number of nitrogens with zero attached hydrogens (tertiary/aromatic N) is 1. The normalized spacial score (nSPS) is 26.8. The maximum Gasteiger partial charge on any atom is 0.355 e. The number of carboxylic acid groups (broad SMARTS) is 1. The molecule has 2 amide bonds. The fourth-order valence-electron chi connectivity index (χ4n) is 3.45. The molecule has 2 aliphatic carbocycles. The fraction of sp³-hybridized carbons (Fsp3) is 0.643. The molecular formula is C14H19N3O3S. The Hall–Kier alpha value is -1.63. The number of carbonyl (C=O) groups is 2. The number of rotatable bonds is 5. The van der Waals surface area contributed by atoms with Crippen LogP contribution in [0, 0.1) is 11.8 Å². The summed E-state index contributed by atoms with van der Waals surface area (Å²) in [5.74, 6) is 0.461. The van der Waals surface area contributed by atoms with Gasteiger partial charge >= 0.3 is 12.0 Å². The van der Waals surface area contributed by atoms with E-state index in [4.69, 9.17) is 5.11 Å². The smallest absolute Gasteiger partial charge is 0.355 e. The molecule has 7 heteroatoms. The average molecular weight is 309 g/mol. The highest BCUT2D eigenvalue weighted by Gasteiger charge is 2.40. The molecule has 0 spiro atoms. The standard InChI is InChI=1S/C14H19N3O3S/c18-13(19)11-7-21-12(16-11)3-4-15-14(20)17-10-6-8-1-2-9(10)5-8/h7-10H,1-6H2,(H,18,19)(H2,15,17,20). The molecule has 2 saturated carbocycles. The summed E-state index contributed by atoms with van der Waals surface area (Å²) in [5, 5.41) is 16.9. The average Bonchev–Trinajstić information content (AvgIpc) is 3.13. The number of nitrogens with one attached hydrogen (secondary N) is 2. The summed E-state index contributed by atoms with van der Waals surface area (Å²) in [5.41, 5.74) is 0.0708. The van der Waals surface area contributed by atoms with Gasteiger partial charge in [0.25, 0.3) is 0 Å². The highest BCUT2D eigenvalue weighted by Crippen LogP contribution is 2.44. The second-order valence-electron chi connectivity index (χ2n) is 5.86. The van der Waals surface area contributed by atoms with Gasteiger partial charge in [0.05, 0.1) is 5.01 Å². The summed E-state index contributed by atoms with van der Waals surface area (Å²) >= 11 is 1.31. The molecule has 1 aromatic heterocycles. The number of amides is 2. The minimum absolute atomic E-state index is 0.0708. The molecule has 21 heavy (non-hydrogen) atoms. The fourth-order valence-corrected chi connectivity index (χ4v) is 4.22. The number of hydrogen-bond donors (Lipinski definition) is 3. The molecule has 114 valence electrons. The van der Waals surface area contributed by atoms with Gasteiger partial charge in [-0.3, -0.25) is 0 Å². The van der Waals surface area contributed by atoms with Crippen molar-refractivity contribution in [2.24, 2.45) is 11.8 Å². The zero-order chi connectivity index (χ0) is 14.8. The van der Waals surface area contributed by atoms with Crippen LogP contribution in [-0.2, 0) is 6.42 Å². The number of hydrogen-bond acceptors (Lipinski definition) is 4. The van der Waals surface area contributed by atoms with Crippen molar-refractivity contribution in [3.63, 3.8) is 0 Å². The SMILES string of the molecule is O=C(NCCc1nc(C(=O)O)cs1)NC1CC2CCC1C2. The molecule has 0 aliphatic heterocycles. The number of fused-ring (bicyclic) bond motifs is 2. The van der Waals surface area contributed by atoms with Crippen molar-refractivity contribution >= 4 is 23.3 Å². The maximum atomic E-state index is 11.8. The van der Waals surface area contributed by atoms with Crippen LogP contribution in [0.1, 0.15) is 41.2 Å². The van der Waals surface area contributed by atoms with Crippen LogP contribution in [0.4, 0.5) is 4.79 Å². The van der Waals surface area contributed by atoms with Gasteiger partial charge in [-0.25, -0.2) is 14.6 Å². The molecule has 0 saturated heterocycles. The summed E-state index contributed by atoms with van der Waals surface area (Å²) in [4.78, 5) is 26.6. The van der Waals surface area contributed by atoms with Gasteiger partial charge in [-0.15, -0.1) is 11.3 Å². The lowest BCUT2D eigenvalue weighted by Gasteiger charge is -2.22. The molecule has 6 nitrogen and oxygen atoms in total. The molecule has 1 aromatic rings. The van der Waals surface area contributed by atoms with Crippen LogP contribution in [0.2, 0.25) is 0 Å². The summed E-state index contributed by atoms with van der Waals surface area (Å²) in [6.45, 7) is 0.471. The van der Waals surface area contributed by atoms with Crippen molar-refractivity contribution in [3.05, 3.63) is 16.1 Å². The van der Waals surface area contributed by atoms with E-state index in [0.29, 0.717) is 24.9 Å². The second-order valence-corrected chi connectivity index (χ2v) is 6.81. The van der Waals surface area contributed by atoms with Gasteiger partial charge in [-0.2, -0.15) is 0 Å². The molecule has 3 N–H and O–H groups in total. The second kappa shape index (κ2) is 6.01. The first kappa shape index (κ1) is 14.3. The molecular weight excluding hydrogens is 290 g/mol. The summed E-state index contributed by atoms with van der Waals surface area (Å²) < 4.78 is 0. The minimum atomic E-state index is -1.01. The first-order chi connectivity index (χ1) is 10.1. The third kappa shape index (κ3) is 3.34. The van der Waals surface area contributed by atoms with Gasteiger partial charge in [-0.05, 0) is 31.1 Å². The molecule has 1 heterocycles. The van der Waals surface area contributed by atoms with E-state index in [2.05, 4.69) is 15.6 Å². The van der Waals surface area contributed by atoms with Crippen LogP contribution in [0.25, 0.3) is 0 Å². The summed E-state index contributed by atoms with van der Waals surface area (Å²) in [6.07, 6.45) is 5.50. The Morgan fingerprint density at radius 3 is 2.86 bits per heavy atom. The summed E-state index contributed by atoms with van der Waals surface area (Å²) in [6, 6.07) is 0.213. The van der Waals surface area contributed by atoms with E-state index in [9.17, 15) is 9.59 Å². The van der Waals surface area contributed by atoms with Crippen LogP contribution in [-0.4, -0.2) is 34.7 Å². The number of carbonyl (C=O) groups excluding carboxylic acids is 1. The molecule has 2 aliphatic rings. The Kier molecular flexibility index (Phi) is 4.10. The van der Waals surface area contributed by atoms with E-state index in [1.54, 1.807) is 0 Å². The Labute approximate surface area is 127 Å². The Morgan fingerprint density at radius 2 is 2.24 bits per heavy atom. The number of carboxylic acids is 1. The van der Waals surface area contributed by atoms with E-state index >= 15 is 0 Å². The quantitative estimate of drug-likeness (QED) is 0.774. The number of urea groups is 1. The van der Waals surface area contributed by atoms with Gasteiger partial charge in [0.2, 0.25) is 0 Å². The zero-order valence-electron chi connectivity index (χ0n) is 11.7. The molecule has 2 fully saturated rings. The van der Waals surface area contributed by atoms with Crippen LogP contribution < -0.4 is 10.6 Å². The van der Waals surface area contributed by atoms with Crippen molar-refractivity contribution in [1.82, 2.24) is 15.6 Å². The first-order valence-electron chi connectivity index (χ1n) is 7.34. The topological polar surface area (TPSA) is 91.3 Å². The lowest BCUT2D eigenvalue weighted by molar-refractivity contribution is 0.0691. The Balaban J connectivity index is 1.38. The van der Waals surface area contributed by atoms with Gasteiger partial charge < -0.3 is 15.7 Å². The van der Waals surface area contributed by atoms with Crippen LogP contribution in [0.3, 0.4) is 0 Å². The lowest BCUT2D eigenvalue weighted by atomic mass is 9.95. The van der Waals surface area contributed by atoms with Crippen LogP contribution >= 0.6 is 11.3 Å². The Bertz CT molecular complexity index is 545. The van der Waals surface area contributed by atoms with Crippen LogP contribution in [0.15, 0.2) is 5.38 Å². The van der Waals surface area contributed by atoms with Gasteiger partial charge in [-0.1, -0.05) is 6.42 Å². The third-order valence-corrected chi connectivity index (χ3v) is 5.36. The molecule has 0 aromatic carbocycles. The molecule has 2 bridgehead atoms. The van der Waals surface area contributed by atoms with E-state index in [1.807, 2.05) is 0 Å². The van der Waals surface area contributed by atoms with Gasteiger partial charge in [0, 0.05) is 24.4 Å². The lowest BCUT2D eigenvalue weighted by Crippen LogP contribution is -2.44. The largest absolute Gasteiger partial charge is 0.476 e. The molecule has 0 radical (unpaired) electrons. The summed E-state index contributed by atoms with van der Waals surface area (Å²) in [7, 11) is 0. The van der Waals surface area contributed by atoms with E-state index in [-0.39, 0.29) is 11.7 Å². The van der Waals surface area contributed by atoms with Gasteiger partial charge in [0.1, 0.15) is 0 Å². The highest BCUT2D eigenvalue weighted by atomic mass is 32.1. The zero-order valence-corrected chi connectivity index (χ0v) is 12.5. The van der Waals surface area contributed by atoms with E-state index in [0.717, 1.165) is 17.3 Å². The highest BCUT2D eigenvalue weighted by molar-refractivity contribution is 7.09. The van der Waals surface area contributed by atoms with E-state index < -0.39 is 5.97 Å². The van der Waals surface area contributed by atoms with Crippen molar-refractivity contribution in [2.45, 2.75) is 38.1 Å². The minimum Gasteiger partial charge on any atom is -0.476 e. The maximum absolute atomic E-state index is 11.8. The first-order valence-corrected chi connectivity index (χ1v) is 8.22. The van der Waals surface area contributed by atoms with E-state index in [1.165, 1.54) is 36.0 Å². The van der Waals surface area contributed by atoms with Crippen molar-refractivity contribution in [3.8, 4) is 0 Å². The molecule has 3 rings (SSSR count). The number of thiazole rings is 1. The monoisotopic (exact) mass is 309 g/mol. The third-order valence-electron chi connectivity index (χ3n) is 4.45. The van der Waals surface area contributed by atoms with Crippen molar-refractivity contribution in [1.29, 1.82) is 0 Å². The van der Waals surface area contributed by atoms with Gasteiger partial charge in [0.15, 0.2) is 5.69 Å². The number of aromatic nitrogens is 1. The van der Waals surface area contributed by atoms with Crippen molar-refractivity contribution < 1.29 is 14.7 Å². The predicted octanol–water partition coefficient (Wildman–Crippen LogP) is 1.87. The van der Waals surface area contributed by atoms with Crippen molar-refractivity contribution in [2.75, 3.05) is 6.54 Å².